The minimum Gasteiger partial charge on any atom is -0.312 e. The molecule has 1 heterocycles. The summed E-state index contributed by atoms with van der Waals surface area (Å²) in [7, 11) is 0. The highest BCUT2D eigenvalue weighted by atomic mass is 32.1. The van der Waals surface area contributed by atoms with E-state index in [0.717, 1.165) is 32.4 Å². The highest BCUT2D eigenvalue weighted by Gasteiger charge is 2.16. The molecule has 0 atom stereocenters. The third-order valence-electron chi connectivity index (χ3n) is 3.80. The highest BCUT2D eigenvalue weighted by Crippen LogP contribution is 2.30. The zero-order valence-corrected chi connectivity index (χ0v) is 12.9. The molecule has 104 valence electrons. The molecule has 1 aromatic rings. The van der Waals surface area contributed by atoms with Gasteiger partial charge < -0.3 is 5.32 Å². The van der Waals surface area contributed by atoms with Gasteiger partial charge in [0.2, 0.25) is 0 Å². The second kappa shape index (κ2) is 6.54. The van der Waals surface area contributed by atoms with E-state index in [1.165, 1.54) is 24.1 Å². The molecule has 0 radical (unpaired) electrons. The molecule has 0 saturated heterocycles. The van der Waals surface area contributed by atoms with Crippen molar-refractivity contribution in [2.75, 3.05) is 6.54 Å². The van der Waals surface area contributed by atoms with Crippen LogP contribution < -0.4 is 5.32 Å². The predicted octanol–water partition coefficient (Wildman–Crippen LogP) is 4.05. The molecule has 3 heteroatoms. The van der Waals surface area contributed by atoms with Gasteiger partial charge in [0.25, 0.3) is 0 Å². The molecule has 1 N–H and O–H groups in total. The average molecular weight is 276 g/mol. The first-order valence-electron chi connectivity index (χ1n) is 7.33. The van der Waals surface area contributed by atoms with Crippen LogP contribution in [0.3, 0.4) is 0 Å². The van der Waals surface area contributed by atoms with Gasteiger partial charge in [0.05, 0.1) is 11.5 Å². The fourth-order valence-electron chi connectivity index (χ4n) is 2.56. The molecular formula is C16H24N2S. The van der Waals surface area contributed by atoms with Gasteiger partial charge >= 0.3 is 0 Å². The van der Waals surface area contributed by atoms with Crippen molar-refractivity contribution in [2.24, 2.45) is 5.41 Å². The smallest absolute Gasteiger partial charge is 0.0683 e. The number of fused-ring (bicyclic) bond motifs is 1. The lowest BCUT2D eigenvalue weighted by molar-refractivity contribution is 0.422. The Hall–Kier alpha value is -0.850. The summed E-state index contributed by atoms with van der Waals surface area (Å²) in [5, 5.41) is 12.5. The molecule has 0 aromatic carbocycles. The Kier molecular flexibility index (Phi) is 5.01. The summed E-state index contributed by atoms with van der Waals surface area (Å²) in [5.74, 6) is 0. The number of thiophene rings is 1. The van der Waals surface area contributed by atoms with Crippen LogP contribution in [0.5, 0.6) is 0 Å². The lowest BCUT2D eigenvalue weighted by Crippen LogP contribution is -2.15. The van der Waals surface area contributed by atoms with E-state index < -0.39 is 0 Å². The molecule has 0 aliphatic heterocycles. The Labute approximate surface area is 120 Å². The summed E-state index contributed by atoms with van der Waals surface area (Å²) in [6, 6.07) is 4.75. The van der Waals surface area contributed by atoms with Crippen molar-refractivity contribution in [3.63, 3.8) is 0 Å². The molecule has 1 aliphatic rings. The van der Waals surface area contributed by atoms with E-state index in [1.54, 1.807) is 10.4 Å². The summed E-state index contributed by atoms with van der Waals surface area (Å²) in [6.07, 6.45) is 7.23. The van der Waals surface area contributed by atoms with E-state index in [4.69, 9.17) is 5.26 Å². The first kappa shape index (κ1) is 14.6. The quantitative estimate of drug-likeness (QED) is 0.763. The van der Waals surface area contributed by atoms with Crippen molar-refractivity contribution < 1.29 is 0 Å². The molecule has 0 unspecified atom stereocenters. The zero-order valence-electron chi connectivity index (χ0n) is 12.1. The first-order chi connectivity index (χ1) is 9.11. The topological polar surface area (TPSA) is 35.8 Å². The summed E-state index contributed by atoms with van der Waals surface area (Å²) in [6.45, 7) is 6.12. The van der Waals surface area contributed by atoms with Crippen LogP contribution in [-0.2, 0) is 19.4 Å². The van der Waals surface area contributed by atoms with Crippen molar-refractivity contribution in [1.82, 2.24) is 5.32 Å². The van der Waals surface area contributed by atoms with Gasteiger partial charge in [-0.15, -0.1) is 11.3 Å². The monoisotopic (exact) mass is 276 g/mol. The number of nitrogens with zero attached hydrogens (tertiary/aromatic N) is 1. The number of nitriles is 1. The molecule has 19 heavy (non-hydrogen) atoms. The van der Waals surface area contributed by atoms with Crippen LogP contribution in [-0.4, -0.2) is 6.54 Å². The van der Waals surface area contributed by atoms with Gasteiger partial charge in [0.15, 0.2) is 0 Å². The molecular weight excluding hydrogens is 252 g/mol. The molecule has 0 amide bonds. The molecule has 2 nitrogen and oxygen atoms in total. The first-order valence-corrected chi connectivity index (χ1v) is 8.15. The van der Waals surface area contributed by atoms with Crippen LogP contribution in [0.15, 0.2) is 6.07 Å². The van der Waals surface area contributed by atoms with Gasteiger partial charge in [0.1, 0.15) is 0 Å². The maximum Gasteiger partial charge on any atom is 0.0683 e. The Bertz CT molecular complexity index is 432. The Morgan fingerprint density at radius 3 is 2.95 bits per heavy atom. The number of aryl methyl sites for hydroxylation is 2. The van der Waals surface area contributed by atoms with Crippen LogP contribution in [0.1, 0.15) is 54.8 Å². The minimum atomic E-state index is -0.158. The summed E-state index contributed by atoms with van der Waals surface area (Å²) < 4.78 is 0. The van der Waals surface area contributed by atoms with Gasteiger partial charge in [-0.3, -0.25) is 0 Å². The van der Waals surface area contributed by atoms with Crippen molar-refractivity contribution in [3.8, 4) is 6.07 Å². The van der Waals surface area contributed by atoms with Crippen LogP contribution in [0.4, 0.5) is 0 Å². The van der Waals surface area contributed by atoms with E-state index >= 15 is 0 Å². The lowest BCUT2D eigenvalue weighted by Gasteiger charge is -2.14. The standard InChI is InChI=1S/C16H24N2S/c1-16(2,12-17)8-3-4-9-18-11-14-10-13-6-5-7-15(13)19-14/h10,18H,3-9,11H2,1-2H3. The van der Waals surface area contributed by atoms with E-state index in [2.05, 4.69) is 17.5 Å². The van der Waals surface area contributed by atoms with Crippen LogP contribution in [0.25, 0.3) is 0 Å². The largest absolute Gasteiger partial charge is 0.312 e. The zero-order chi connectivity index (χ0) is 13.7. The van der Waals surface area contributed by atoms with E-state index in [9.17, 15) is 0 Å². The molecule has 0 spiro atoms. The maximum atomic E-state index is 8.94. The molecule has 1 aliphatic carbocycles. The normalized spacial score (nSPS) is 14.4. The number of rotatable bonds is 7. The fourth-order valence-corrected chi connectivity index (χ4v) is 3.79. The molecule has 1 aromatic heterocycles. The van der Waals surface area contributed by atoms with Gasteiger partial charge in [0, 0.05) is 16.3 Å². The van der Waals surface area contributed by atoms with Crippen LogP contribution >= 0.6 is 11.3 Å². The Morgan fingerprint density at radius 2 is 2.21 bits per heavy atom. The molecule has 0 saturated carbocycles. The van der Waals surface area contributed by atoms with Gasteiger partial charge in [-0.05, 0) is 64.1 Å². The average Bonchev–Trinajstić information content (AvgIpc) is 2.94. The van der Waals surface area contributed by atoms with Crippen LogP contribution in [0.2, 0.25) is 0 Å². The van der Waals surface area contributed by atoms with Crippen molar-refractivity contribution in [1.29, 1.82) is 5.26 Å². The predicted molar refractivity (Wildman–Crippen MR) is 81.3 cm³/mol. The van der Waals surface area contributed by atoms with Gasteiger partial charge in [-0.1, -0.05) is 6.42 Å². The second-order valence-electron chi connectivity index (χ2n) is 6.14. The SMILES string of the molecule is CC(C)(C#N)CCCCNCc1cc2c(s1)CCC2. The number of hydrogen-bond acceptors (Lipinski definition) is 3. The molecule has 0 fully saturated rings. The van der Waals surface area contributed by atoms with E-state index in [1.807, 2.05) is 25.2 Å². The van der Waals surface area contributed by atoms with Crippen molar-refractivity contribution >= 4 is 11.3 Å². The van der Waals surface area contributed by atoms with Crippen molar-refractivity contribution in [3.05, 3.63) is 21.4 Å². The Balaban J connectivity index is 1.58. The summed E-state index contributed by atoms with van der Waals surface area (Å²) in [5.41, 5.74) is 1.44. The van der Waals surface area contributed by atoms with Gasteiger partial charge in [-0.2, -0.15) is 5.26 Å². The molecule has 0 bridgehead atoms. The van der Waals surface area contributed by atoms with Crippen LogP contribution in [0, 0.1) is 16.7 Å². The second-order valence-corrected chi connectivity index (χ2v) is 7.37. The lowest BCUT2D eigenvalue weighted by atomic mass is 9.89. The number of hydrogen-bond donors (Lipinski definition) is 1. The number of unbranched alkanes of at least 4 members (excludes halogenated alkanes) is 1. The van der Waals surface area contributed by atoms with E-state index in [-0.39, 0.29) is 5.41 Å². The Morgan fingerprint density at radius 1 is 1.37 bits per heavy atom. The molecule has 2 rings (SSSR count). The summed E-state index contributed by atoms with van der Waals surface area (Å²) >= 11 is 1.99. The summed E-state index contributed by atoms with van der Waals surface area (Å²) in [4.78, 5) is 3.11. The maximum absolute atomic E-state index is 8.94. The number of nitrogens with one attached hydrogen (secondary N) is 1. The van der Waals surface area contributed by atoms with Crippen molar-refractivity contribution in [2.45, 2.75) is 58.9 Å². The van der Waals surface area contributed by atoms with Gasteiger partial charge in [-0.25, -0.2) is 0 Å². The highest BCUT2D eigenvalue weighted by molar-refractivity contribution is 7.12. The minimum absolute atomic E-state index is 0.158. The fraction of sp³-hybridized carbons (Fsp3) is 0.688. The third-order valence-corrected chi connectivity index (χ3v) is 5.04. The van der Waals surface area contributed by atoms with E-state index in [0.29, 0.717) is 0 Å². The third kappa shape index (κ3) is 4.33.